The Morgan fingerprint density at radius 3 is 1.81 bits per heavy atom. The molecule has 0 amide bonds. The first-order valence-corrected chi connectivity index (χ1v) is 9.79. The van der Waals surface area contributed by atoms with Crippen LogP contribution in [0.4, 0.5) is 0 Å². The van der Waals surface area contributed by atoms with Crippen LogP contribution in [-0.4, -0.2) is 35.8 Å². The molecule has 0 unspecified atom stereocenters. The SMILES string of the molecule is Oc1ccc(-c2nnnc(-c3cccc4ccccc34)c2-c2ccc(O)cc2O)c(O)c1. The molecule has 0 spiro atoms. The molecule has 32 heavy (non-hydrogen) atoms. The first-order valence-electron chi connectivity index (χ1n) is 9.79. The third-order valence-corrected chi connectivity index (χ3v) is 5.29. The second-order valence-electron chi connectivity index (χ2n) is 7.29. The number of phenols is 4. The van der Waals surface area contributed by atoms with Gasteiger partial charge in [-0.2, -0.15) is 0 Å². The van der Waals surface area contributed by atoms with Crippen molar-refractivity contribution < 1.29 is 20.4 Å². The smallest absolute Gasteiger partial charge is 0.128 e. The summed E-state index contributed by atoms with van der Waals surface area (Å²) < 4.78 is 0. The molecule has 0 aliphatic rings. The van der Waals surface area contributed by atoms with Crippen LogP contribution in [-0.2, 0) is 0 Å². The van der Waals surface area contributed by atoms with Crippen molar-refractivity contribution in [3.8, 4) is 56.6 Å². The molecule has 7 heteroatoms. The first-order chi connectivity index (χ1) is 15.5. The van der Waals surface area contributed by atoms with E-state index >= 15 is 0 Å². The molecule has 1 heterocycles. The monoisotopic (exact) mass is 423 g/mol. The number of hydrogen-bond donors (Lipinski definition) is 4. The molecule has 156 valence electrons. The Hall–Kier alpha value is -4.65. The van der Waals surface area contributed by atoms with Gasteiger partial charge in [0.25, 0.3) is 0 Å². The van der Waals surface area contributed by atoms with Crippen molar-refractivity contribution in [2.45, 2.75) is 0 Å². The molecule has 4 aromatic carbocycles. The summed E-state index contributed by atoms with van der Waals surface area (Å²) in [5, 5.41) is 55.0. The number of aromatic hydroxyl groups is 4. The summed E-state index contributed by atoms with van der Waals surface area (Å²) in [6.45, 7) is 0. The van der Waals surface area contributed by atoms with E-state index in [0.29, 0.717) is 22.4 Å². The summed E-state index contributed by atoms with van der Waals surface area (Å²) in [6, 6.07) is 22.0. The molecule has 7 nitrogen and oxygen atoms in total. The Labute approximate surface area is 182 Å². The molecule has 0 aliphatic heterocycles. The van der Waals surface area contributed by atoms with Crippen LogP contribution in [0.25, 0.3) is 44.4 Å². The summed E-state index contributed by atoms with van der Waals surface area (Å²) in [7, 11) is 0. The third kappa shape index (κ3) is 3.22. The van der Waals surface area contributed by atoms with Crippen LogP contribution in [0.3, 0.4) is 0 Å². The van der Waals surface area contributed by atoms with Crippen molar-refractivity contribution in [3.05, 3.63) is 78.9 Å². The average molecular weight is 423 g/mol. The number of nitrogens with zero attached hydrogens (tertiary/aromatic N) is 3. The van der Waals surface area contributed by atoms with Gasteiger partial charge in [0.15, 0.2) is 0 Å². The van der Waals surface area contributed by atoms with E-state index in [1.165, 1.54) is 30.3 Å². The average Bonchev–Trinajstić information content (AvgIpc) is 2.79. The predicted octanol–water partition coefficient (Wildman–Crippen LogP) is 4.85. The lowest BCUT2D eigenvalue weighted by Crippen LogP contribution is -2.01. The highest BCUT2D eigenvalue weighted by Crippen LogP contribution is 2.45. The fourth-order valence-corrected chi connectivity index (χ4v) is 3.84. The third-order valence-electron chi connectivity index (χ3n) is 5.29. The lowest BCUT2D eigenvalue weighted by Gasteiger charge is -2.16. The molecular weight excluding hydrogens is 406 g/mol. The number of benzene rings is 4. The van der Waals surface area contributed by atoms with E-state index in [4.69, 9.17) is 0 Å². The van der Waals surface area contributed by atoms with Crippen LogP contribution in [0, 0.1) is 0 Å². The minimum Gasteiger partial charge on any atom is -0.508 e. The van der Waals surface area contributed by atoms with Gasteiger partial charge >= 0.3 is 0 Å². The highest BCUT2D eigenvalue weighted by Gasteiger charge is 2.23. The van der Waals surface area contributed by atoms with E-state index in [2.05, 4.69) is 15.4 Å². The molecule has 0 radical (unpaired) electrons. The Morgan fingerprint density at radius 2 is 1.12 bits per heavy atom. The number of fused-ring (bicyclic) bond motifs is 1. The second-order valence-corrected chi connectivity index (χ2v) is 7.29. The Kier molecular flexibility index (Phi) is 4.56. The van der Waals surface area contributed by atoms with E-state index in [0.717, 1.165) is 16.3 Å². The van der Waals surface area contributed by atoms with Gasteiger partial charge in [-0.15, -0.1) is 10.2 Å². The van der Waals surface area contributed by atoms with Gasteiger partial charge in [-0.25, -0.2) is 0 Å². The standard InChI is InChI=1S/C25H17N3O4/c29-15-8-10-19(21(31)12-15)23-24(18-7-3-5-14-4-1-2-6-17(14)18)26-28-27-25(23)20-11-9-16(30)13-22(20)32/h1-13,29-32H. The van der Waals surface area contributed by atoms with Crippen molar-refractivity contribution in [2.75, 3.05) is 0 Å². The zero-order chi connectivity index (χ0) is 22.2. The lowest BCUT2D eigenvalue weighted by molar-refractivity contribution is 0.450. The van der Waals surface area contributed by atoms with E-state index < -0.39 is 0 Å². The van der Waals surface area contributed by atoms with Crippen molar-refractivity contribution in [1.29, 1.82) is 0 Å². The van der Waals surface area contributed by atoms with Crippen molar-refractivity contribution in [1.82, 2.24) is 15.4 Å². The van der Waals surface area contributed by atoms with Gasteiger partial charge in [-0.1, -0.05) is 42.5 Å². The molecule has 0 fully saturated rings. The largest absolute Gasteiger partial charge is 0.508 e. The normalized spacial score (nSPS) is 11.0. The molecule has 0 bridgehead atoms. The van der Waals surface area contributed by atoms with Crippen LogP contribution >= 0.6 is 0 Å². The molecule has 0 aliphatic carbocycles. The van der Waals surface area contributed by atoms with Gasteiger partial charge in [0.1, 0.15) is 34.4 Å². The molecule has 0 atom stereocenters. The maximum absolute atomic E-state index is 10.7. The Balaban J connectivity index is 1.89. The van der Waals surface area contributed by atoms with E-state index in [1.54, 1.807) is 6.07 Å². The molecule has 1 aromatic heterocycles. The Morgan fingerprint density at radius 1 is 0.531 bits per heavy atom. The van der Waals surface area contributed by atoms with Gasteiger partial charge in [0.2, 0.25) is 0 Å². The number of rotatable bonds is 3. The number of hydrogen-bond acceptors (Lipinski definition) is 7. The Bertz CT molecular complexity index is 1480. The highest BCUT2D eigenvalue weighted by atomic mass is 16.3. The van der Waals surface area contributed by atoms with Crippen LogP contribution in [0.1, 0.15) is 0 Å². The summed E-state index contributed by atoms with van der Waals surface area (Å²) in [5.41, 5.74) is 2.56. The fourth-order valence-electron chi connectivity index (χ4n) is 3.84. The van der Waals surface area contributed by atoms with E-state index in [-0.39, 0.29) is 28.7 Å². The fraction of sp³-hybridized carbons (Fsp3) is 0. The summed E-state index contributed by atoms with van der Waals surface area (Å²) >= 11 is 0. The van der Waals surface area contributed by atoms with E-state index in [1.807, 2.05) is 42.5 Å². The molecule has 5 rings (SSSR count). The van der Waals surface area contributed by atoms with Gasteiger partial charge in [-0.3, -0.25) is 0 Å². The number of phenolic OH excluding ortho intramolecular Hbond substituents is 4. The van der Waals surface area contributed by atoms with Gasteiger partial charge in [0.05, 0.1) is 0 Å². The summed E-state index contributed by atoms with van der Waals surface area (Å²) in [4.78, 5) is 0. The lowest BCUT2D eigenvalue weighted by atomic mass is 9.92. The van der Waals surface area contributed by atoms with Gasteiger partial charge in [-0.05, 0) is 40.3 Å². The minimum absolute atomic E-state index is 0.0954. The molecule has 5 aromatic rings. The van der Waals surface area contributed by atoms with Crippen LogP contribution in [0.15, 0.2) is 78.9 Å². The topological polar surface area (TPSA) is 120 Å². The van der Waals surface area contributed by atoms with E-state index in [9.17, 15) is 20.4 Å². The summed E-state index contributed by atoms with van der Waals surface area (Å²) in [6.07, 6.45) is 0. The van der Waals surface area contributed by atoms with Crippen LogP contribution in [0.2, 0.25) is 0 Å². The maximum atomic E-state index is 10.7. The van der Waals surface area contributed by atoms with Gasteiger partial charge in [0, 0.05) is 34.4 Å². The van der Waals surface area contributed by atoms with Crippen molar-refractivity contribution in [2.24, 2.45) is 0 Å². The van der Waals surface area contributed by atoms with Gasteiger partial charge < -0.3 is 20.4 Å². The minimum atomic E-state index is -0.200. The second kappa shape index (κ2) is 7.55. The highest BCUT2D eigenvalue weighted by molar-refractivity contribution is 6.02. The van der Waals surface area contributed by atoms with Crippen molar-refractivity contribution >= 4 is 10.8 Å². The molecule has 0 saturated heterocycles. The predicted molar refractivity (Wildman–Crippen MR) is 120 cm³/mol. The number of aromatic nitrogens is 3. The molecule has 4 N–H and O–H groups in total. The zero-order valence-corrected chi connectivity index (χ0v) is 16.6. The summed E-state index contributed by atoms with van der Waals surface area (Å²) in [5.74, 6) is -0.576. The zero-order valence-electron chi connectivity index (χ0n) is 16.6. The first kappa shape index (κ1) is 19.3. The van der Waals surface area contributed by atoms with Crippen molar-refractivity contribution in [3.63, 3.8) is 0 Å². The maximum Gasteiger partial charge on any atom is 0.128 e. The molecular formula is C25H17N3O4. The van der Waals surface area contributed by atoms with Crippen LogP contribution < -0.4 is 0 Å². The quantitative estimate of drug-likeness (QED) is 0.327. The molecule has 0 saturated carbocycles. The van der Waals surface area contributed by atoms with Crippen LogP contribution in [0.5, 0.6) is 23.0 Å².